The van der Waals surface area contributed by atoms with E-state index in [0.717, 1.165) is 5.56 Å². The summed E-state index contributed by atoms with van der Waals surface area (Å²) in [5, 5.41) is 9.36. The maximum absolute atomic E-state index is 8.77. The van der Waals surface area contributed by atoms with Crippen LogP contribution in [0, 0.1) is 11.3 Å². The average molecular weight is 194 g/mol. The SMILES string of the molecule is CC(C)(C)c1cccc(C#N)c1Cl. The van der Waals surface area contributed by atoms with E-state index in [1.54, 1.807) is 6.07 Å². The van der Waals surface area contributed by atoms with Crippen molar-refractivity contribution in [3.05, 3.63) is 34.3 Å². The van der Waals surface area contributed by atoms with Crippen LogP contribution in [0.3, 0.4) is 0 Å². The summed E-state index contributed by atoms with van der Waals surface area (Å²) in [6.45, 7) is 6.24. The summed E-state index contributed by atoms with van der Waals surface area (Å²) in [5.41, 5.74) is 1.56. The van der Waals surface area contributed by atoms with Crippen LogP contribution in [0.4, 0.5) is 0 Å². The molecule has 1 nitrogen and oxygen atoms in total. The van der Waals surface area contributed by atoms with Gasteiger partial charge in [0.15, 0.2) is 0 Å². The van der Waals surface area contributed by atoms with Gasteiger partial charge < -0.3 is 0 Å². The van der Waals surface area contributed by atoms with Crippen molar-refractivity contribution in [3.63, 3.8) is 0 Å². The lowest BCUT2D eigenvalue weighted by atomic mass is 9.86. The number of nitriles is 1. The molecule has 1 aromatic carbocycles. The van der Waals surface area contributed by atoms with E-state index >= 15 is 0 Å². The number of hydrogen-bond donors (Lipinski definition) is 0. The summed E-state index contributed by atoms with van der Waals surface area (Å²) < 4.78 is 0. The average Bonchev–Trinajstić information content (AvgIpc) is 2.02. The Bertz CT molecular complexity index is 355. The Morgan fingerprint density at radius 1 is 1.31 bits per heavy atom. The minimum Gasteiger partial charge on any atom is -0.192 e. The summed E-state index contributed by atoms with van der Waals surface area (Å²) >= 11 is 6.07. The maximum atomic E-state index is 8.77. The molecule has 13 heavy (non-hydrogen) atoms. The van der Waals surface area contributed by atoms with E-state index in [-0.39, 0.29) is 5.41 Å². The van der Waals surface area contributed by atoms with Gasteiger partial charge in [-0.05, 0) is 17.0 Å². The molecular formula is C11H12ClN. The van der Waals surface area contributed by atoms with Gasteiger partial charge in [0.2, 0.25) is 0 Å². The van der Waals surface area contributed by atoms with Gasteiger partial charge in [-0.3, -0.25) is 0 Å². The van der Waals surface area contributed by atoms with Crippen molar-refractivity contribution in [3.8, 4) is 6.07 Å². The van der Waals surface area contributed by atoms with E-state index in [4.69, 9.17) is 16.9 Å². The van der Waals surface area contributed by atoms with Crippen molar-refractivity contribution in [2.75, 3.05) is 0 Å². The van der Waals surface area contributed by atoms with Crippen molar-refractivity contribution in [1.82, 2.24) is 0 Å². The third-order valence-corrected chi connectivity index (χ3v) is 2.33. The van der Waals surface area contributed by atoms with Gasteiger partial charge in [-0.15, -0.1) is 0 Å². The van der Waals surface area contributed by atoms with Crippen LogP contribution in [0.15, 0.2) is 18.2 Å². The molecule has 2 heteroatoms. The smallest absolute Gasteiger partial charge is 0.101 e. The Kier molecular flexibility index (Phi) is 2.63. The molecule has 0 heterocycles. The fourth-order valence-electron chi connectivity index (χ4n) is 1.20. The van der Waals surface area contributed by atoms with Crippen LogP contribution >= 0.6 is 11.6 Å². The highest BCUT2D eigenvalue weighted by molar-refractivity contribution is 6.32. The number of nitrogens with zero attached hydrogens (tertiary/aromatic N) is 1. The highest BCUT2D eigenvalue weighted by Crippen LogP contribution is 2.31. The molecule has 0 aliphatic heterocycles. The van der Waals surface area contributed by atoms with Crippen LogP contribution in [0.2, 0.25) is 5.02 Å². The predicted octanol–water partition coefficient (Wildman–Crippen LogP) is 3.51. The molecule has 0 radical (unpaired) electrons. The Morgan fingerprint density at radius 2 is 1.92 bits per heavy atom. The van der Waals surface area contributed by atoms with E-state index in [1.165, 1.54) is 0 Å². The first-order valence-electron chi connectivity index (χ1n) is 4.16. The Hall–Kier alpha value is -1.00. The second-order valence-electron chi connectivity index (χ2n) is 4.03. The van der Waals surface area contributed by atoms with E-state index in [1.807, 2.05) is 12.1 Å². The van der Waals surface area contributed by atoms with Gasteiger partial charge in [-0.2, -0.15) is 5.26 Å². The van der Waals surface area contributed by atoms with Crippen LogP contribution < -0.4 is 0 Å². The van der Waals surface area contributed by atoms with Crippen LogP contribution in [0.5, 0.6) is 0 Å². The molecule has 1 aromatic rings. The first-order valence-corrected chi connectivity index (χ1v) is 4.53. The van der Waals surface area contributed by atoms with Crippen molar-refractivity contribution in [2.45, 2.75) is 26.2 Å². The fourth-order valence-corrected chi connectivity index (χ4v) is 1.65. The van der Waals surface area contributed by atoms with E-state index < -0.39 is 0 Å². The Morgan fingerprint density at radius 3 is 2.38 bits per heavy atom. The molecule has 1 rings (SSSR count). The Balaban J connectivity index is 3.34. The zero-order valence-electron chi connectivity index (χ0n) is 8.06. The largest absolute Gasteiger partial charge is 0.192 e. The summed E-state index contributed by atoms with van der Waals surface area (Å²) in [4.78, 5) is 0. The van der Waals surface area contributed by atoms with Gasteiger partial charge in [0.1, 0.15) is 6.07 Å². The molecule has 0 amide bonds. The summed E-state index contributed by atoms with van der Waals surface area (Å²) in [5.74, 6) is 0. The minimum atomic E-state index is -0.00998. The number of rotatable bonds is 0. The lowest BCUT2D eigenvalue weighted by Gasteiger charge is -2.20. The van der Waals surface area contributed by atoms with Crippen LogP contribution in [-0.4, -0.2) is 0 Å². The molecular weight excluding hydrogens is 182 g/mol. The van der Waals surface area contributed by atoms with E-state index in [9.17, 15) is 0 Å². The van der Waals surface area contributed by atoms with Crippen molar-refractivity contribution >= 4 is 11.6 Å². The van der Waals surface area contributed by atoms with Gasteiger partial charge in [-0.1, -0.05) is 44.5 Å². The zero-order chi connectivity index (χ0) is 10.1. The Labute approximate surface area is 84.0 Å². The predicted molar refractivity (Wildman–Crippen MR) is 54.9 cm³/mol. The highest BCUT2D eigenvalue weighted by Gasteiger charge is 2.18. The first kappa shape index (κ1) is 10.1. The molecule has 0 aliphatic carbocycles. The van der Waals surface area contributed by atoms with Gasteiger partial charge in [-0.25, -0.2) is 0 Å². The first-order chi connectivity index (χ1) is 5.96. The summed E-state index contributed by atoms with van der Waals surface area (Å²) in [6.07, 6.45) is 0. The molecule has 0 spiro atoms. The van der Waals surface area contributed by atoms with Gasteiger partial charge in [0.05, 0.1) is 10.6 Å². The molecule has 0 saturated carbocycles. The lowest BCUT2D eigenvalue weighted by Crippen LogP contribution is -2.12. The molecule has 0 bridgehead atoms. The third-order valence-electron chi connectivity index (χ3n) is 1.93. The number of benzene rings is 1. The van der Waals surface area contributed by atoms with Gasteiger partial charge in [0, 0.05) is 0 Å². The maximum Gasteiger partial charge on any atom is 0.101 e. The second kappa shape index (κ2) is 3.40. The number of hydrogen-bond acceptors (Lipinski definition) is 1. The molecule has 0 aliphatic rings. The summed E-state index contributed by atoms with van der Waals surface area (Å²) in [7, 11) is 0. The van der Waals surface area contributed by atoms with Crippen molar-refractivity contribution in [1.29, 1.82) is 5.26 Å². The lowest BCUT2D eigenvalue weighted by molar-refractivity contribution is 0.590. The van der Waals surface area contributed by atoms with E-state index in [2.05, 4.69) is 26.8 Å². The highest BCUT2D eigenvalue weighted by atomic mass is 35.5. The van der Waals surface area contributed by atoms with Gasteiger partial charge in [0.25, 0.3) is 0 Å². The zero-order valence-corrected chi connectivity index (χ0v) is 8.81. The quantitative estimate of drug-likeness (QED) is 0.619. The molecule has 0 aromatic heterocycles. The molecule has 0 fully saturated rings. The molecule has 68 valence electrons. The standard InChI is InChI=1S/C11H12ClN/c1-11(2,3)9-6-4-5-8(7-13)10(9)12/h4-6H,1-3H3. The van der Waals surface area contributed by atoms with Crippen molar-refractivity contribution < 1.29 is 0 Å². The normalized spacial score (nSPS) is 11.0. The third kappa shape index (κ3) is 2.02. The topological polar surface area (TPSA) is 23.8 Å². The molecule has 0 saturated heterocycles. The van der Waals surface area contributed by atoms with Crippen LogP contribution in [-0.2, 0) is 5.41 Å². The number of halogens is 1. The van der Waals surface area contributed by atoms with Gasteiger partial charge >= 0.3 is 0 Å². The fraction of sp³-hybridized carbons (Fsp3) is 0.364. The summed E-state index contributed by atoms with van der Waals surface area (Å²) in [6, 6.07) is 7.64. The molecule has 0 atom stereocenters. The van der Waals surface area contributed by atoms with Crippen LogP contribution in [0.1, 0.15) is 31.9 Å². The molecule has 0 unspecified atom stereocenters. The van der Waals surface area contributed by atoms with Crippen LogP contribution in [0.25, 0.3) is 0 Å². The van der Waals surface area contributed by atoms with E-state index in [0.29, 0.717) is 10.6 Å². The minimum absolute atomic E-state index is 0.00998. The monoisotopic (exact) mass is 193 g/mol. The second-order valence-corrected chi connectivity index (χ2v) is 4.41. The van der Waals surface area contributed by atoms with Crippen molar-refractivity contribution in [2.24, 2.45) is 0 Å². The molecule has 0 N–H and O–H groups in total.